The molecule has 0 spiro atoms. The lowest BCUT2D eigenvalue weighted by molar-refractivity contribution is -0.115. The van der Waals surface area contributed by atoms with Crippen LogP contribution in [0.4, 0.5) is 0 Å². The van der Waals surface area contributed by atoms with E-state index in [-0.39, 0.29) is 23.5 Å². The molecule has 2 saturated heterocycles. The average molecular weight is 197 g/mol. The summed E-state index contributed by atoms with van der Waals surface area (Å²) >= 11 is 0. The Bertz CT molecular complexity index is 296. The predicted octanol–water partition coefficient (Wildman–Crippen LogP) is 0.583. The largest absolute Gasteiger partial charge is 0.477 e. The first-order valence-corrected chi connectivity index (χ1v) is 4.80. The van der Waals surface area contributed by atoms with Crippen LogP contribution in [0.3, 0.4) is 0 Å². The number of ether oxygens (including phenoxy) is 2. The molecule has 14 heavy (non-hydrogen) atoms. The minimum atomic E-state index is -0.253. The fourth-order valence-corrected chi connectivity index (χ4v) is 1.44. The fourth-order valence-electron chi connectivity index (χ4n) is 1.44. The van der Waals surface area contributed by atoms with Crippen molar-refractivity contribution >= 4 is 5.78 Å². The molecule has 1 N–H and O–H groups in total. The first-order chi connectivity index (χ1) is 6.48. The number of nitrogens with one attached hydrogen (secondary N) is 1. The smallest absolute Gasteiger partial charge is 0.192 e. The minimum Gasteiger partial charge on any atom is -0.477 e. The van der Waals surface area contributed by atoms with Gasteiger partial charge in [-0.15, -0.1) is 0 Å². The molecule has 0 aromatic heterocycles. The Kier molecular flexibility index (Phi) is 2.03. The molecule has 2 aliphatic heterocycles. The number of ketones is 1. The Morgan fingerprint density at radius 3 is 2.71 bits per heavy atom. The lowest BCUT2D eigenvalue weighted by Gasteiger charge is -2.13. The van der Waals surface area contributed by atoms with Gasteiger partial charge in [0.2, 0.25) is 0 Å². The standard InChI is InChI=1S/C10H15NO3/c1-6-9(14-6)7(12)4-8-11-10(2,3)5-13-8/h4,6,9,11H,5H2,1-3H3/b8-4-/t6-,9+/m0/s1. The molecule has 0 amide bonds. The molecule has 0 aromatic carbocycles. The van der Waals surface area contributed by atoms with E-state index in [9.17, 15) is 4.79 Å². The van der Waals surface area contributed by atoms with Gasteiger partial charge < -0.3 is 14.8 Å². The molecule has 0 aliphatic carbocycles. The van der Waals surface area contributed by atoms with Crippen LogP contribution in [0.1, 0.15) is 20.8 Å². The van der Waals surface area contributed by atoms with Crippen LogP contribution in [-0.2, 0) is 14.3 Å². The summed E-state index contributed by atoms with van der Waals surface area (Å²) in [6.07, 6.45) is 1.30. The van der Waals surface area contributed by atoms with Crippen LogP contribution in [-0.4, -0.2) is 30.1 Å². The summed E-state index contributed by atoms with van der Waals surface area (Å²) in [4.78, 5) is 11.5. The molecular weight excluding hydrogens is 182 g/mol. The van der Waals surface area contributed by atoms with Crippen LogP contribution in [0, 0.1) is 0 Å². The van der Waals surface area contributed by atoms with E-state index in [0.717, 1.165) is 0 Å². The molecule has 2 aliphatic rings. The normalized spacial score (nSPS) is 36.4. The SMILES string of the molecule is C[C@@H]1O[C@H]1C(=O)/C=C1/NC(C)(C)CO1. The van der Waals surface area contributed by atoms with Crippen LogP contribution in [0.2, 0.25) is 0 Å². The highest BCUT2D eigenvalue weighted by atomic mass is 16.6. The zero-order valence-corrected chi connectivity index (χ0v) is 8.66. The fraction of sp³-hybridized carbons (Fsp3) is 0.700. The minimum absolute atomic E-state index is 0.0160. The zero-order valence-electron chi connectivity index (χ0n) is 8.66. The third-order valence-corrected chi connectivity index (χ3v) is 2.31. The van der Waals surface area contributed by atoms with Gasteiger partial charge in [-0.05, 0) is 20.8 Å². The second-order valence-electron chi connectivity index (χ2n) is 4.47. The van der Waals surface area contributed by atoms with Crippen molar-refractivity contribution in [1.82, 2.24) is 5.32 Å². The Morgan fingerprint density at radius 2 is 2.29 bits per heavy atom. The van der Waals surface area contributed by atoms with E-state index >= 15 is 0 Å². The maximum absolute atomic E-state index is 11.5. The van der Waals surface area contributed by atoms with E-state index in [1.54, 1.807) is 0 Å². The van der Waals surface area contributed by atoms with E-state index in [1.807, 2.05) is 20.8 Å². The van der Waals surface area contributed by atoms with Gasteiger partial charge in [-0.2, -0.15) is 0 Å². The third-order valence-electron chi connectivity index (χ3n) is 2.31. The van der Waals surface area contributed by atoms with Crippen molar-refractivity contribution in [3.05, 3.63) is 12.0 Å². The molecule has 0 unspecified atom stereocenters. The molecule has 2 fully saturated rings. The van der Waals surface area contributed by atoms with Crippen molar-refractivity contribution in [2.75, 3.05) is 6.61 Å². The summed E-state index contributed by atoms with van der Waals surface area (Å²) in [5.41, 5.74) is -0.0812. The van der Waals surface area contributed by atoms with E-state index < -0.39 is 0 Å². The van der Waals surface area contributed by atoms with E-state index in [1.165, 1.54) is 6.08 Å². The number of rotatable bonds is 2. The second kappa shape index (κ2) is 2.98. The second-order valence-corrected chi connectivity index (χ2v) is 4.47. The van der Waals surface area contributed by atoms with Crippen LogP contribution >= 0.6 is 0 Å². The van der Waals surface area contributed by atoms with E-state index in [2.05, 4.69) is 5.32 Å². The molecule has 0 bridgehead atoms. The van der Waals surface area contributed by atoms with Crippen molar-refractivity contribution < 1.29 is 14.3 Å². The molecule has 0 saturated carbocycles. The summed E-state index contributed by atoms with van der Waals surface area (Å²) in [5.74, 6) is 0.542. The molecule has 2 heterocycles. The molecular formula is C10H15NO3. The van der Waals surface area contributed by atoms with Gasteiger partial charge in [0, 0.05) is 6.08 Å². The van der Waals surface area contributed by atoms with Crippen LogP contribution < -0.4 is 5.32 Å². The molecule has 0 radical (unpaired) electrons. The van der Waals surface area contributed by atoms with Crippen molar-refractivity contribution in [3.63, 3.8) is 0 Å². The van der Waals surface area contributed by atoms with Crippen LogP contribution in [0.25, 0.3) is 0 Å². The van der Waals surface area contributed by atoms with Gasteiger partial charge in [0.25, 0.3) is 0 Å². The summed E-state index contributed by atoms with van der Waals surface area (Å²) in [6, 6.07) is 0. The predicted molar refractivity (Wildman–Crippen MR) is 50.6 cm³/mol. The van der Waals surface area contributed by atoms with Crippen molar-refractivity contribution in [1.29, 1.82) is 0 Å². The summed E-state index contributed by atoms with van der Waals surface area (Å²) in [7, 11) is 0. The molecule has 2 rings (SSSR count). The monoisotopic (exact) mass is 197 g/mol. The van der Waals surface area contributed by atoms with Gasteiger partial charge in [-0.1, -0.05) is 0 Å². The molecule has 4 nitrogen and oxygen atoms in total. The summed E-state index contributed by atoms with van der Waals surface area (Å²) in [5, 5.41) is 3.12. The van der Waals surface area contributed by atoms with Crippen LogP contribution in [0.15, 0.2) is 12.0 Å². The number of carbonyl (C=O) groups excluding carboxylic acids is 1. The zero-order chi connectivity index (χ0) is 10.3. The molecule has 2 atom stereocenters. The van der Waals surface area contributed by atoms with Gasteiger partial charge in [-0.3, -0.25) is 4.79 Å². The van der Waals surface area contributed by atoms with Gasteiger partial charge in [0.1, 0.15) is 12.7 Å². The van der Waals surface area contributed by atoms with Gasteiger partial charge >= 0.3 is 0 Å². The van der Waals surface area contributed by atoms with Gasteiger partial charge in [-0.25, -0.2) is 0 Å². The van der Waals surface area contributed by atoms with Crippen molar-refractivity contribution in [2.45, 2.75) is 38.5 Å². The van der Waals surface area contributed by atoms with Crippen LogP contribution in [0.5, 0.6) is 0 Å². The first kappa shape index (κ1) is 9.52. The Morgan fingerprint density at radius 1 is 1.64 bits per heavy atom. The van der Waals surface area contributed by atoms with Crippen molar-refractivity contribution in [3.8, 4) is 0 Å². The number of hydrogen-bond donors (Lipinski definition) is 1. The van der Waals surface area contributed by atoms with Crippen molar-refractivity contribution in [2.24, 2.45) is 0 Å². The van der Waals surface area contributed by atoms with E-state index in [4.69, 9.17) is 9.47 Å². The lowest BCUT2D eigenvalue weighted by Crippen LogP contribution is -2.34. The highest BCUT2D eigenvalue weighted by Gasteiger charge is 2.40. The number of hydrogen-bond acceptors (Lipinski definition) is 4. The Balaban J connectivity index is 1.96. The van der Waals surface area contributed by atoms with Gasteiger partial charge in [0.05, 0.1) is 11.6 Å². The molecule has 0 aromatic rings. The third kappa shape index (κ3) is 1.90. The van der Waals surface area contributed by atoms with Gasteiger partial charge in [0.15, 0.2) is 11.7 Å². The highest BCUT2D eigenvalue weighted by Crippen LogP contribution is 2.24. The average Bonchev–Trinajstić information content (AvgIpc) is 2.69. The summed E-state index contributed by atoms with van der Waals surface area (Å²) < 4.78 is 10.4. The molecule has 4 heteroatoms. The topological polar surface area (TPSA) is 50.9 Å². The Labute approximate surface area is 83.3 Å². The highest BCUT2D eigenvalue weighted by molar-refractivity contribution is 5.96. The maximum atomic E-state index is 11.5. The van der Waals surface area contributed by atoms with E-state index in [0.29, 0.717) is 12.5 Å². The first-order valence-electron chi connectivity index (χ1n) is 4.80. The lowest BCUT2D eigenvalue weighted by atomic mass is 10.1. The quantitative estimate of drug-likeness (QED) is 0.519. The maximum Gasteiger partial charge on any atom is 0.192 e. The number of epoxide rings is 1. The number of carbonyl (C=O) groups is 1. The Hall–Kier alpha value is -1.03. The molecule has 78 valence electrons. The summed E-state index contributed by atoms with van der Waals surface area (Å²) in [6.45, 7) is 6.52.